The predicted octanol–water partition coefficient (Wildman–Crippen LogP) is 9.56. The van der Waals surface area contributed by atoms with Gasteiger partial charge < -0.3 is 39.5 Å². The number of methoxy groups -OCH3 is 4. The number of carbonyl (C=O) groups excluding carboxylic acids is 2. The van der Waals surface area contributed by atoms with Gasteiger partial charge in [0.2, 0.25) is 0 Å². The zero-order valence-electron chi connectivity index (χ0n) is 31.9. The van der Waals surface area contributed by atoms with Crippen molar-refractivity contribution in [3.8, 4) is 46.0 Å². The smallest absolute Gasteiger partial charge is 0.325 e. The number of fused-ring (bicyclic) bond motifs is 2. The van der Waals surface area contributed by atoms with Crippen LogP contribution in [0.1, 0.15) is 22.3 Å². The first-order valence-corrected chi connectivity index (χ1v) is 18.0. The predicted molar refractivity (Wildman–Crippen MR) is 217 cm³/mol. The van der Waals surface area contributed by atoms with Gasteiger partial charge in [-0.05, 0) is 55.5 Å². The summed E-state index contributed by atoms with van der Waals surface area (Å²) in [5.74, 6) is 2.32. The van der Waals surface area contributed by atoms with Crippen molar-refractivity contribution in [1.29, 1.82) is 0 Å². The molecule has 0 bridgehead atoms. The second-order valence-electron chi connectivity index (χ2n) is 12.2. The third-order valence-corrected chi connectivity index (χ3v) is 9.54. The van der Waals surface area contributed by atoms with Crippen LogP contribution < -0.4 is 44.8 Å². The maximum Gasteiger partial charge on any atom is 0.325 e. The number of nitrogens with two attached hydrogens (primary N) is 1. The van der Waals surface area contributed by atoms with Gasteiger partial charge in [-0.1, -0.05) is 11.3 Å². The number of pyridine rings is 2. The van der Waals surface area contributed by atoms with Crippen LogP contribution in [-0.2, 0) is 0 Å². The molecule has 298 valence electrons. The van der Waals surface area contributed by atoms with E-state index < -0.39 is 17.7 Å². The highest BCUT2D eigenvalue weighted by Gasteiger charge is 2.17. The van der Waals surface area contributed by atoms with Crippen LogP contribution in [0.3, 0.4) is 0 Å². The van der Waals surface area contributed by atoms with E-state index in [2.05, 4.69) is 25.6 Å². The lowest BCUT2D eigenvalue weighted by atomic mass is 10.2. The summed E-state index contributed by atoms with van der Waals surface area (Å²) in [6.07, 6.45) is 3.18. The third kappa shape index (κ3) is 9.05. The quantitative estimate of drug-likeness (QED) is 0.0834. The Bertz CT molecular complexity index is 2660. The largest absolute Gasteiger partial charge is 0.493 e. The third-order valence-electron chi connectivity index (χ3n) is 8.37. The summed E-state index contributed by atoms with van der Waals surface area (Å²) in [7, 11) is 6.16. The van der Waals surface area contributed by atoms with E-state index in [0.29, 0.717) is 67.2 Å². The van der Waals surface area contributed by atoms with Gasteiger partial charge in [-0.3, -0.25) is 20.1 Å². The second kappa shape index (κ2) is 17.7. The fourth-order valence-electron chi connectivity index (χ4n) is 5.59. The number of benzene rings is 4. The first-order chi connectivity index (χ1) is 27.9. The number of halogens is 2. The number of ether oxygens (including phenoxy) is 6. The van der Waals surface area contributed by atoms with Gasteiger partial charge in [-0.15, -0.1) is 0 Å². The average Bonchev–Trinajstić information content (AvgIpc) is 3.59. The highest BCUT2D eigenvalue weighted by atomic mass is 32.1. The number of aryl methyl sites for hydroxylation is 1. The van der Waals surface area contributed by atoms with Crippen LogP contribution >= 0.6 is 11.3 Å². The molecule has 0 aliphatic carbocycles. The monoisotopic (exact) mass is 810 g/mol. The van der Waals surface area contributed by atoms with Crippen molar-refractivity contribution >= 4 is 61.5 Å². The summed E-state index contributed by atoms with van der Waals surface area (Å²) in [4.78, 5) is 37.0. The first kappa shape index (κ1) is 40.4. The standard InChI is InChI=1S/C24H21FN4O5S.C17H15FN2O3/c1-12-22(13(2)30)35-24(27-12)29-23(31)28-17-6-5-14(9-16(17)25)34-19-7-8-26-18-11-21(33-4)20(32-3)10-15(18)19;1-21-16-8-11-14(9-17(16)22-2)20-6-5-15(11)23-10-3-4-13(19)12(18)7-10/h5-11H,1-4H3,(H2,27,28,29,31);3-9H,19H2,1-2H3. The number of hydrogen-bond donors (Lipinski definition) is 3. The molecule has 58 heavy (non-hydrogen) atoms. The zero-order valence-corrected chi connectivity index (χ0v) is 32.7. The van der Waals surface area contributed by atoms with Crippen molar-refractivity contribution < 1.29 is 46.8 Å². The normalized spacial score (nSPS) is 10.6. The number of nitrogens with zero attached hydrogens (tertiary/aromatic N) is 3. The SMILES string of the molecule is COc1cc2nccc(Oc3ccc(N)c(F)c3)c2cc1OC.COc1cc2nccc(Oc3ccc(NC(=O)Nc4nc(C)c(C(C)=O)s4)c(F)c3)c2cc1OC. The molecule has 17 heteroatoms. The van der Waals surface area contributed by atoms with Crippen molar-refractivity contribution in [3.63, 3.8) is 0 Å². The number of amides is 2. The average molecular weight is 811 g/mol. The molecule has 0 atom stereocenters. The Morgan fingerprint density at radius 3 is 1.62 bits per heavy atom. The highest BCUT2D eigenvalue weighted by Crippen LogP contribution is 2.39. The zero-order chi connectivity index (χ0) is 41.5. The fraction of sp³-hybridized carbons (Fsp3) is 0.146. The molecule has 0 saturated heterocycles. The Kier molecular flexibility index (Phi) is 12.3. The van der Waals surface area contributed by atoms with Crippen molar-refractivity contribution in [2.45, 2.75) is 13.8 Å². The maximum absolute atomic E-state index is 14.7. The van der Waals surface area contributed by atoms with Gasteiger partial charge in [0.1, 0.15) is 34.6 Å². The second-order valence-corrected chi connectivity index (χ2v) is 13.2. The summed E-state index contributed by atoms with van der Waals surface area (Å²) in [6.45, 7) is 3.10. The van der Waals surface area contributed by atoms with E-state index in [1.807, 2.05) is 0 Å². The molecule has 0 saturated carbocycles. The summed E-state index contributed by atoms with van der Waals surface area (Å²) in [5.41, 5.74) is 7.30. The first-order valence-electron chi connectivity index (χ1n) is 17.2. The van der Waals surface area contributed by atoms with Crippen LogP contribution in [0.5, 0.6) is 46.0 Å². The number of nitrogens with one attached hydrogen (secondary N) is 2. The van der Waals surface area contributed by atoms with Gasteiger partial charge in [0.15, 0.2) is 33.9 Å². The molecule has 7 aromatic rings. The van der Waals surface area contributed by atoms with Crippen molar-refractivity contribution in [3.05, 3.63) is 107 Å². The van der Waals surface area contributed by atoms with Gasteiger partial charge in [-0.2, -0.15) is 0 Å². The number of thiazole rings is 1. The molecule has 3 heterocycles. The molecular formula is C41H36F2N6O8S. The Labute approximate surface area is 334 Å². The highest BCUT2D eigenvalue weighted by molar-refractivity contribution is 7.17. The molecule has 0 unspecified atom stereocenters. The molecule has 4 N–H and O–H groups in total. The van der Waals surface area contributed by atoms with Crippen molar-refractivity contribution in [1.82, 2.24) is 15.0 Å². The lowest BCUT2D eigenvalue weighted by Gasteiger charge is -2.13. The minimum absolute atomic E-state index is 0.0547. The van der Waals surface area contributed by atoms with E-state index in [1.165, 1.54) is 45.4 Å². The Morgan fingerprint density at radius 1 is 0.655 bits per heavy atom. The van der Waals surface area contributed by atoms with E-state index in [9.17, 15) is 18.4 Å². The number of carbonyl (C=O) groups is 2. The topological polar surface area (TPSA) is 178 Å². The molecule has 3 aromatic heterocycles. The molecule has 7 rings (SSSR count). The van der Waals surface area contributed by atoms with E-state index in [4.69, 9.17) is 34.2 Å². The molecule has 0 radical (unpaired) electrons. The van der Waals surface area contributed by atoms with Crippen molar-refractivity contribution in [2.24, 2.45) is 0 Å². The van der Waals surface area contributed by atoms with Gasteiger partial charge in [0.05, 0.1) is 61.4 Å². The summed E-state index contributed by atoms with van der Waals surface area (Å²) in [6, 6.07) is 18.0. The molecule has 14 nitrogen and oxygen atoms in total. The number of nitrogen functional groups attached to an aromatic ring is 1. The van der Waals surface area contributed by atoms with Crippen molar-refractivity contribution in [2.75, 3.05) is 44.8 Å². The van der Waals surface area contributed by atoms with Crippen LogP contribution in [0, 0.1) is 18.6 Å². The van der Waals surface area contributed by atoms with Gasteiger partial charge >= 0.3 is 6.03 Å². The number of urea groups is 1. The molecule has 4 aromatic carbocycles. The molecular weight excluding hydrogens is 775 g/mol. The molecule has 0 aliphatic rings. The number of hydrogen-bond acceptors (Lipinski definition) is 13. The fourth-order valence-corrected chi connectivity index (χ4v) is 6.44. The Hall–Kier alpha value is -7.27. The lowest BCUT2D eigenvalue weighted by molar-refractivity contribution is 0.102. The van der Waals surface area contributed by atoms with E-state index in [1.54, 1.807) is 76.0 Å². The lowest BCUT2D eigenvalue weighted by Crippen LogP contribution is -2.20. The Morgan fingerprint density at radius 2 is 1.16 bits per heavy atom. The summed E-state index contributed by atoms with van der Waals surface area (Å²) < 4.78 is 61.2. The Balaban J connectivity index is 0.000000213. The number of ketones is 1. The molecule has 0 fully saturated rings. The van der Waals surface area contributed by atoms with Crippen LogP contribution in [0.15, 0.2) is 85.2 Å². The van der Waals surface area contributed by atoms with Crippen LogP contribution in [-0.4, -0.2) is 55.2 Å². The number of anilines is 3. The number of rotatable bonds is 11. The van der Waals surface area contributed by atoms with E-state index in [-0.39, 0.29) is 28.0 Å². The van der Waals surface area contributed by atoms with Crippen LogP contribution in [0.25, 0.3) is 21.8 Å². The molecule has 2 amide bonds. The van der Waals surface area contributed by atoms with E-state index >= 15 is 0 Å². The number of aromatic nitrogens is 3. The minimum atomic E-state index is -0.699. The van der Waals surface area contributed by atoms with Crippen LogP contribution in [0.4, 0.5) is 30.1 Å². The van der Waals surface area contributed by atoms with Gasteiger partial charge in [-0.25, -0.2) is 18.6 Å². The summed E-state index contributed by atoms with van der Waals surface area (Å²) in [5, 5.41) is 6.54. The summed E-state index contributed by atoms with van der Waals surface area (Å²) >= 11 is 1.05. The minimum Gasteiger partial charge on any atom is -0.493 e. The number of Topliss-reactive ketones (excluding diaryl/α,β-unsaturated/α-hetero) is 1. The van der Waals surface area contributed by atoms with E-state index in [0.717, 1.165) is 22.8 Å². The van der Waals surface area contributed by atoms with Gasteiger partial charge in [0.25, 0.3) is 0 Å². The maximum atomic E-state index is 14.7. The molecule has 0 aliphatic heterocycles. The van der Waals surface area contributed by atoms with Crippen LogP contribution in [0.2, 0.25) is 0 Å². The molecule has 0 spiro atoms. The van der Waals surface area contributed by atoms with Gasteiger partial charge in [0, 0.05) is 54.4 Å².